The van der Waals surface area contributed by atoms with Crippen LogP contribution in [0.3, 0.4) is 0 Å². The van der Waals surface area contributed by atoms with Gasteiger partial charge in [0.15, 0.2) is 0 Å². The summed E-state index contributed by atoms with van der Waals surface area (Å²) in [5.41, 5.74) is 2.48. The summed E-state index contributed by atoms with van der Waals surface area (Å²) in [7, 11) is 0. The number of hydrogen-bond acceptors (Lipinski definition) is 3. The number of furan rings is 1. The van der Waals surface area contributed by atoms with Crippen molar-refractivity contribution < 1.29 is 9.15 Å². The van der Waals surface area contributed by atoms with Gasteiger partial charge in [-0.05, 0) is 17.7 Å². The fraction of sp³-hybridized carbons (Fsp3) is 0.286. The number of hydrogen-bond donors (Lipinski definition) is 1. The van der Waals surface area contributed by atoms with Gasteiger partial charge in [-0.2, -0.15) is 0 Å². The van der Waals surface area contributed by atoms with Crippen molar-refractivity contribution in [1.29, 1.82) is 0 Å². The maximum atomic E-state index is 5.84. The molecule has 0 fully saturated rings. The van der Waals surface area contributed by atoms with E-state index in [1.807, 2.05) is 18.2 Å². The maximum Gasteiger partial charge on any atom is 0.123 e. The highest BCUT2D eigenvalue weighted by Crippen LogP contribution is 2.27. The Balaban J connectivity index is 1.49. The molecule has 1 aliphatic rings. The van der Waals surface area contributed by atoms with E-state index in [9.17, 15) is 0 Å². The van der Waals surface area contributed by atoms with Gasteiger partial charge in [-0.25, -0.2) is 0 Å². The van der Waals surface area contributed by atoms with Crippen LogP contribution in [-0.2, 0) is 13.0 Å². The van der Waals surface area contributed by atoms with Gasteiger partial charge in [0.05, 0.1) is 12.5 Å². The molecule has 2 aromatic rings. The van der Waals surface area contributed by atoms with Crippen molar-refractivity contribution in [2.45, 2.75) is 19.1 Å². The molecule has 0 saturated carbocycles. The molecule has 1 N–H and O–H groups in total. The fourth-order valence-electron chi connectivity index (χ4n) is 2.14. The molecule has 0 aliphatic carbocycles. The van der Waals surface area contributed by atoms with Gasteiger partial charge in [0.2, 0.25) is 0 Å². The van der Waals surface area contributed by atoms with Gasteiger partial charge in [-0.1, -0.05) is 18.2 Å². The van der Waals surface area contributed by atoms with Crippen molar-refractivity contribution >= 4 is 0 Å². The zero-order valence-electron chi connectivity index (χ0n) is 9.56. The van der Waals surface area contributed by atoms with Crippen molar-refractivity contribution in [2.75, 3.05) is 6.54 Å². The Bertz CT molecular complexity index is 454. The Morgan fingerprint density at radius 1 is 1.24 bits per heavy atom. The normalized spacial score (nSPS) is 17.8. The number of rotatable bonds is 4. The Kier molecular flexibility index (Phi) is 2.84. The first-order chi connectivity index (χ1) is 8.42. The Labute approximate surface area is 100 Å². The molecule has 17 heavy (non-hydrogen) atoms. The first kappa shape index (κ1) is 10.4. The van der Waals surface area contributed by atoms with Gasteiger partial charge in [0, 0.05) is 25.1 Å². The summed E-state index contributed by atoms with van der Waals surface area (Å²) in [6.07, 6.45) is 4.70. The summed E-state index contributed by atoms with van der Waals surface area (Å²) < 4.78 is 10.9. The van der Waals surface area contributed by atoms with E-state index in [0.717, 1.165) is 25.3 Å². The molecule has 2 heterocycles. The predicted octanol–water partition coefficient (Wildman–Crippen LogP) is 2.37. The van der Waals surface area contributed by atoms with E-state index < -0.39 is 0 Å². The minimum absolute atomic E-state index is 0.249. The van der Waals surface area contributed by atoms with Crippen LogP contribution in [0.1, 0.15) is 11.1 Å². The van der Waals surface area contributed by atoms with Gasteiger partial charge < -0.3 is 14.5 Å². The second-order valence-corrected chi connectivity index (χ2v) is 4.31. The molecule has 0 bridgehead atoms. The highest BCUT2D eigenvalue weighted by Gasteiger charge is 2.21. The molecule has 1 aromatic carbocycles. The largest absolute Gasteiger partial charge is 0.488 e. The molecule has 3 nitrogen and oxygen atoms in total. The third-order valence-corrected chi connectivity index (χ3v) is 3.00. The molecule has 1 aromatic heterocycles. The van der Waals surface area contributed by atoms with Gasteiger partial charge in [0.25, 0.3) is 0 Å². The standard InChI is InChI=1S/C14H15NO2/c1-2-4-14-12(3-1)7-13(17-14)9-15-8-11-5-6-16-10-11/h1-6,10,13,15H,7-9H2. The lowest BCUT2D eigenvalue weighted by atomic mass is 10.1. The van der Waals surface area contributed by atoms with Crippen LogP contribution in [0.2, 0.25) is 0 Å². The molecule has 88 valence electrons. The first-order valence-electron chi connectivity index (χ1n) is 5.88. The van der Waals surface area contributed by atoms with Crippen molar-refractivity contribution in [2.24, 2.45) is 0 Å². The van der Waals surface area contributed by atoms with E-state index in [1.54, 1.807) is 12.5 Å². The lowest BCUT2D eigenvalue weighted by Gasteiger charge is -2.11. The van der Waals surface area contributed by atoms with Crippen LogP contribution in [0.5, 0.6) is 5.75 Å². The molecule has 0 amide bonds. The summed E-state index contributed by atoms with van der Waals surface area (Å²) in [6.45, 7) is 1.69. The molecule has 1 atom stereocenters. The van der Waals surface area contributed by atoms with E-state index in [2.05, 4.69) is 17.4 Å². The predicted molar refractivity (Wildman–Crippen MR) is 65.0 cm³/mol. The van der Waals surface area contributed by atoms with Crippen LogP contribution in [0.25, 0.3) is 0 Å². The topological polar surface area (TPSA) is 34.4 Å². The monoisotopic (exact) mass is 229 g/mol. The van der Waals surface area contributed by atoms with Gasteiger partial charge in [-0.3, -0.25) is 0 Å². The number of benzene rings is 1. The summed E-state index contributed by atoms with van der Waals surface area (Å²) in [5.74, 6) is 1.03. The maximum absolute atomic E-state index is 5.84. The minimum atomic E-state index is 0.249. The lowest BCUT2D eigenvalue weighted by Crippen LogP contribution is -2.29. The number of fused-ring (bicyclic) bond motifs is 1. The Hall–Kier alpha value is -1.74. The Morgan fingerprint density at radius 2 is 2.18 bits per heavy atom. The van der Waals surface area contributed by atoms with Crippen molar-refractivity contribution in [3.05, 3.63) is 54.0 Å². The number of nitrogens with one attached hydrogen (secondary N) is 1. The van der Waals surface area contributed by atoms with Crippen LogP contribution in [0, 0.1) is 0 Å². The van der Waals surface area contributed by atoms with Crippen LogP contribution >= 0.6 is 0 Å². The summed E-state index contributed by atoms with van der Waals surface area (Å²) >= 11 is 0. The fourth-order valence-corrected chi connectivity index (χ4v) is 2.14. The second-order valence-electron chi connectivity index (χ2n) is 4.31. The van der Waals surface area contributed by atoms with Crippen molar-refractivity contribution in [1.82, 2.24) is 5.32 Å². The zero-order chi connectivity index (χ0) is 11.5. The second kappa shape index (κ2) is 4.63. The molecule has 0 spiro atoms. The molecular weight excluding hydrogens is 214 g/mol. The smallest absolute Gasteiger partial charge is 0.123 e. The van der Waals surface area contributed by atoms with Crippen molar-refractivity contribution in [3.63, 3.8) is 0 Å². The van der Waals surface area contributed by atoms with Gasteiger partial charge in [-0.15, -0.1) is 0 Å². The minimum Gasteiger partial charge on any atom is -0.488 e. The molecule has 3 heteroatoms. The quantitative estimate of drug-likeness (QED) is 0.874. The Morgan fingerprint density at radius 3 is 3.00 bits per heavy atom. The van der Waals surface area contributed by atoms with E-state index in [-0.39, 0.29) is 6.10 Å². The van der Waals surface area contributed by atoms with Crippen LogP contribution in [0.4, 0.5) is 0 Å². The van der Waals surface area contributed by atoms with E-state index in [4.69, 9.17) is 9.15 Å². The van der Waals surface area contributed by atoms with Crippen molar-refractivity contribution in [3.8, 4) is 5.75 Å². The highest BCUT2D eigenvalue weighted by molar-refractivity contribution is 5.37. The summed E-state index contributed by atoms with van der Waals surface area (Å²) in [5, 5.41) is 3.38. The SMILES string of the molecule is c1ccc2c(c1)CC(CNCc1ccoc1)O2. The average molecular weight is 229 g/mol. The first-order valence-corrected chi connectivity index (χ1v) is 5.88. The highest BCUT2D eigenvalue weighted by atomic mass is 16.5. The third kappa shape index (κ3) is 2.34. The molecule has 3 rings (SSSR count). The van der Waals surface area contributed by atoms with Gasteiger partial charge in [0.1, 0.15) is 11.9 Å². The van der Waals surface area contributed by atoms with E-state index in [1.165, 1.54) is 11.1 Å². The van der Waals surface area contributed by atoms with Crippen LogP contribution in [-0.4, -0.2) is 12.6 Å². The average Bonchev–Trinajstić information content (AvgIpc) is 2.96. The van der Waals surface area contributed by atoms with Gasteiger partial charge >= 0.3 is 0 Å². The molecular formula is C14H15NO2. The van der Waals surface area contributed by atoms with E-state index >= 15 is 0 Å². The molecule has 1 unspecified atom stereocenters. The number of para-hydroxylation sites is 1. The third-order valence-electron chi connectivity index (χ3n) is 3.00. The molecule has 1 aliphatic heterocycles. The molecule has 0 saturated heterocycles. The summed E-state index contributed by atoms with van der Waals surface area (Å²) in [6, 6.07) is 10.2. The number of ether oxygens (including phenoxy) is 1. The van der Waals surface area contributed by atoms with Crippen LogP contribution < -0.4 is 10.1 Å². The molecule has 0 radical (unpaired) electrons. The van der Waals surface area contributed by atoms with Crippen LogP contribution in [0.15, 0.2) is 47.3 Å². The summed E-state index contributed by atoms with van der Waals surface area (Å²) in [4.78, 5) is 0. The lowest BCUT2D eigenvalue weighted by molar-refractivity contribution is 0.227. The zero-order valence-corrected chi connectivity index (χ0v) is 9.56. The van der Waals surface area contributed by atoms with E-state index in [0.29, 0.717) is 0 Å².